The summed E-state index contributed by atoms with van der Waals surface area (Å²) in [5.74, 6) is -1.48. The van der Waals surface area contributed by atoms with Crippen LogP contribution >= 0.6 is 7.82 Å². The van der Waals surface area contributed by atoms with E-state index >= 15 is 0 Å². The van der Waals surface area contributed by atoms with Crippen molar-refractivity contribution in [2.75, 3.05) is 26.4 Å². The lowest BCUT2D eigenvalue weighted by atomic mass is 10.1. The smallest absolute Gasteiger partial charge is 0.462 e. The van der Waals surface area contributed by atoms with E-state index in [1.54, 1.807) is 0 Å². The second-order valence-corrected chi connectivity index (χ2v) is 19.1. The Balaban J connectivity index is 4.73. The van der Waals surface area contributed by atoms with Gasteiger partial charge in [0, 0.05) is 19.3 Å². The molecule has 0 aliphatic rings. The van der Waals surface area contributed by atoms with E-state index in [1.807, 2.05) is 0 Å². The topological polar surface area (TPSA) is 155 Å². The quantitative estimate of drug-likeness (QED) is 0.0197. The molecule has 0 radical (unpaired) electrons. The van der Waals surface area contributed by atoms with Gasteiger partial charge in [0.25, 0.3) is 0 Å². The molecule has 12 heteroatoms. The first-order valence-corrected chi connectivity index (χ1v) is 28.0. The molecule has 0 aromatic heterocycles. The minimum absolute atomic E-state index is 0.158. The van der Waals surface area contributed by atoms with Crippen LogP contribution in [0.25, 0.3) is 0 Å². The normalized spacial score (nSPS) is 13.8. The number of unbranched alkanes of at least 4 members (excludes halogenated alkanes) is 24. The first-order chi connectivity index (χ1) is 32.2. The Hall–Kier alpha value is -2.56. The molecule has 0 aliphatic carbocycles. The number of ether oxygens (including phenoxy) is 3. The van der Waals surface area contributed by atoms with Crippen LogP contribution in [0.4, 0.5) is 0 Å². The fourth-order valence-electron chi connectivity index (χ4n) is 7.17. The van der Waals surface area contributed by atoms with E-state index in [1.165, 1.54) is 70.6 Å². The standard InChI is InChI=1S/C54H97O11P/c1-4-7-10-13-16-19-22-23-24-25-26-27-30-33-36-39-42-45-54(58)65-51(47-61-52(56)43-40-37-34-31-28-20-17-14-11-8-5-2)49-63-66(59,60)62-48-50(46-55)64-53(57)44-41-38-35-32-29-21-18-15-12-9-6-3/h7,10,15-16,18-19,23-24,50-51,55H,4-6,8-9,11-14,17,20-22,25-49H2,1-3H3,(H,59,60)/b10-7-,18-15-,19-16-,24-23-. The molecule has 3 unspecified atom stereocenters. The average Bonchev–Trinajstić information content (AvgIpc) is 3.30. The van der Waals surface area contributed by atoms with Crippen molar-refractivity contribution < 1.29 is 52.2 Å². The molecule has 3 atom stereocenters. The Morgan fingerprint density at radius 2 is 0.803 bits per heavy atom. The van der Waals surface area contributed by atoms with E-state index in [0.29, 0.717) is 19.3 Å². The molecule has 0 rings (SSSR count). The van der Waals surface area contributed by atoms with Gasteiger partial charge in [-0.2, -0.15) is 0 Å². The van der Waals surface area contributed by atoms with Gasteiger partial charge in [-0.1, -0.05) is 198 Å². The summed E-state index contributed by atoms with van der Waals surface area (Å²) in [7, 11) is -4.74. The molecule has 0 saturated carbocycles. The number of esters is 3. The van der Waals surface area contributed by atoms with Crippen molar-refractivity contribution in [1.29, 1.82) is 0 Å². The Bertz CT molecular complexity index is 1300. The maximum Gasteiger partial charge on any atom is 0.472 e. The molecule has 384 valence electrons. The maximum absolute atomic E-state index is 12.8. The number of rotatable bonds is 49. The highest BCUT2D eigenvalue weighted by Gasteiger charge is 2.28. The van der Waals surface area contributed by atoms with Crippen LogP contribution in [0.5, 0.6) is 0 Å². The molecule has 0 spiro atoms. The molecule has 0 aromatic rings. The third kappa shape index (κ3) is 46.5. The highest BCUT2D eigenvalue weighted by atomic mass is 31.2. The van der Waals surface area contributed by atoms with E-state index in [0.717, 1.165) is 109 Å². The highest BCUT2D eigenvalue weighted by molar-refractivity contribution is 7.47. The summed E-state index contributed by atoms with van der Waals surface area (Å²) in [5.41, 5.74) is 0. The summed E-state index contributed by atoms with van der Waals surface area (Å²) in [6.07, 6.45) is 49.3. The number of aliphatic hydroxyl groups excluding tert-OH is 1. The van der Waals surface area contributed by atoms with Crippen LogP contribution in [-0.2, 0) is 42.2 Å². The van der Waals surface area contributed by atoms with Crippen molar-refractivity contribution in [1.82, 2.24) is 0 Å². The summed E-state index contributed by atoms with van der Waals surface area (Å²) in [6.45, 7) is 4.47. The van der Waals surface area contributed by atoms with Crippen LogP contribution < -0.4 is 0 Å². The fraction of sp³-hybridized carbons (Fsp3) is 0.796. The molecular formula is C54H97O11P. The van der Waals surface area contributed by atoms with Gasteiger partial charge in [0.2, 0.25) is 0 Å². The zero-order valence-electron chi connectivity index (χ0n) is 42.2. The molecule has 0 saturated heterocycles. The minimum atomic E-state index is -4.74. The fourth-order valence-corrected chi connectivity index (χ4v) is 7.96. The lowest BCUT2D eigenvalue weighted by Crippen LogP contribution is -2.30. The summed E-state index contributed by atoms with van der Waals surface area (Å²) >= 11 is 0. The molecular weight excluding hydrogens is 856 g/mol. The van der Waals surface area contributed by atoms with Crippen LogP contribution in [0.1, 0.15) is 239 Å². The third-order valence-electron chi connectivity index (χ3n) is 11.2. The Kier molecular flexibility index (Phi) is 47.0. The number of allylic oxidation sites excluding steroid dienone is 8. The molecule has 0 amide bonds. The minimum Gasteiger partial charge on any atom is -0.462 e. The van der Waals surface area contributed by atoms with Crippen LogP contribution in [0.15, 0.2) is 48.6 Å². The molecule has 0 aromatic carbocycles. The molecule has 0 bridgehead atoms. The van der Waals surface area contributed by atoms with Gasteiger partial charge in [-0.3, -0.25) is 23.4 Å². The molecule has 2 N–H and O–H groups in total. The molecule has 11 nitrogen and oxygen atoms in total. The lowest BCUT2D eigenvalue weighted by molar-refractivity contribution is -0.161. The predicted octanol–water partition coefficient (Wildman–Crippen LogP) is 15.0. The number of hydrogen-bond donors (Lipinski definition) is 2. The second-order valence-electron chi connectivity index (χ2n) is 17.7. The van der Waals surface area contributed by atoms with Gasteiger partial charge >= 0.3 is 25.7 Å². The monoisotopic (exact) mass is 953 g/mol. The van der Waals surface area contributed by atoms with Gasteiger partial charge < -0.3 is 24.2 Å². The highest BCUT2D eigenvalue weighted by Crippen LogP contribution is 2.43. The van der Waals surface area contributed by atoms with Crippen molar-refractivity contribution in [3.63, 3.8) is 0 Å². The largest absolute Gasteiger partial charge is 0.472 e. The Morgan fingerprint density at radius 1 is 0.439 bits per heavy atom. The van der Waals surface area contributed by atoms with E-state index in [2.05, 4.69) is 69.4 Å². The van der Waals surface area contributed by atoms with Gasteiger partial charge in [-0.05, 0) is 70.6 Å². The number of hydrogen-bond acceptors (Lipinski definition) is 10. The van der Waals surface area contributed by atoms with Crippen LogP contribution in [0.3, 0.4) is 0 Å². The Labute approximate surface area is 403 Å². The van der Waals surface area contributed by atoms with Gasteiger partial charge in [0.05, 0.1) is 19.8 Å². The number of carbonyl (C=O) groups excluding carboxylic acids is 3. The predicted molar refractivity (Wildman–Crippen MR) is 270 cm³/mol. The Morgan fingerprint density at radius 3 is 1.27 bits per heavy atom. The van der Waals surface area contributed by atoms with Crippen molar-refractivity contribution in [2.24, 2.45) is 0 Å². The van der Waals surface area contributed by atoms with E-state index in [9.17, 15) is 28.9 Å². The summed E-state index contributed by atoms with van der Waals surface area (Å²) in [6, 6.07) is 0. The first kappa shape index (κ1) is 63.4. The zero-order chi connectivity index (χ0) is 48.4. The SMILES string of the molecule is CC/C=C\C/C=C\C/C=C\CCCCCCCCCC(=O)OC(COC(=O)CCCCCCCCCCCCC)COP(=O)(O)OCC(CO)OC(=O)CCCCCCC/C=C\CCCC. The summed E-state index contributed by atoms with van der Waals surface area (Å²) in [5, 5.41) is 9.76. The van der Waals surface area contributed by atoms with Crippen molar-refractivity contribution >= 4 is 25.7 Å². The van der Waals surface area contributed by atoms with Gasteiger partial charge in [-0.15, -0.1) is 0 Å². The van der Waals surface area contributed by atoms with E-state index < -0.39 is 57.8 Å². The van der Waals surface area contributed by atoms with Crippen LogP contribution in [0.2, 0.25) is 0 Å². The molecule has 0 aliphatic heterocycles. The van der Waals surface area contributed by atoms with Crippen molar-refractivity contribution in [3.05, 3.63) is 48.6 Å². The van der Waals surface area contributed by atoms with Crippen molar-refractivity contribution in [3.8, 4) is 0 Å². The van der Waals surface area contributed by atoms with Gasteiger partial charge in [0.1, 0.15) is 12.7 Å². The van der Waals surface area contributed by atoms with Crippen molar-refractivity contribution in [2.45, 2.75) is 251 Å². The van der Waals surface area contributed by atoms with E-state index in [-0.39, 0.29) is 25.9 Å². The number of phosphoric acid groups is 1. The molecule has 66 heavy (non-hydrogen) atoms. The van der Waals surface area contributed by atoms with Gasteiger partial charge in [-0.25, -0.2) is 4.57 Å². The van der Waals surface area contributed by atoms with Crippen LogP contribution in [-0.4, -0.2) is 66.5 Å². The third-order valence-corrected chi connectivity index (χ3v) is 12.2. The molecule has 0 heterocycles. The second kappa shape index (κ2) is 48.9. The number of aliphatic hydroxyl groups is 1. The number of phosphoric ester groups is 1. The molecule has 0 fully saturated rings. The van der Waals surface area contributed by atoms with Crippen LogP contribution in [0, 0.1) is 0 Å². The van der Waals surface area contributed by atoms with Gasteiger partial charge in [0.15, 0.2) is 6.10 Å². The number of carbonyl (C=O) groups is 3. The zero-order valence-corrected chi connectivity index (χ0v) is 43.1. The lowest BCUT2D eigenvalue weighted by Gasteiger charge is -2.21. The first-order valence-electron chi connectivity index (χ1n) is 26.5. The van der Waals surface area contributed by atoms with E-state index in [4.69, 9.17) is 23.3 Å². The maximum atomic E-state index is 12.8. The summed E-state index contributed by atoms with van der Waals surface area (Å²) in [4.78, 5) is 48.3. The summed E-state index contributed by atoms with van der Waals surface area (Å²) < 4.78 is 39.3. The average molecular weight is 953 g/mol.